The lowest BCUT2D eigenvalue weighted by molar-refractivity contribution is -0.122. The molecule has 0 spiro atoms. The van der Waals surface area contributed by atoms with E-state index in [9.17, 15) is 9.59 Å². The van der Waals surface area contributed by atoms with Gasteiger partial charge in [0.2, 0.25) is 0 Å². The smallest absolute Gasteiger partial charge is 0.293 e. The van der Waals surface area contributed by atoms with E-state index in [0.29, 0.717) is 22.2 Å². The first kappa shape index (κ1) is 16.9. The van der Waals surface area contributed by atoms with Crippen LogP contribution < -0.4 is 4.74 Å². The van der Waals surface area contributed by atoms with E-state index in [1.165, 1.54) is 4.90 Å². The van der Waals surface area contributed by atoms with Crippen molar-refractivity contribution >= 4 is 40.6 Å². The minimum atomic E-state index is -0.256. The molecule has 118 valence electrons. The number of amides is 2. The number of likely N-dealkylation sites (N-methyl/N-ethyl adjacent to an activating group) is 1. The lowest BCUT2D eigenvalue weighted by atomic mass is 10.2. The van der Waals surface area contributed by atoms with Crippen LogP contribution in [0.5, 0.6) is 5.75 Å². The Hall–Kier alpha value is -1.46. The minimum absolute atomic E-state index is 0.0874. The number of nitrogens with zero attached hydrogens (tertiary/aromatic N) is 1. The maximum atomic E-state index is 12.0. The molecule has 0 N–H and O–H groups in total. The summed E-state index contributed by atoms with van der Waals surface area (Å²) in [5, 5.41) is 0.255. The average molecular weight is 340 g/mol. The summed E-state index contributed by atoms with van der Waals surface area (Å²) in [6.45, 7) is 6.17. The summed E-state index contributed by atoms with van der Waals surface area (Å²) in [5.41, 5.74) is 0.767. The van der Waals surface area contributed by atoms with Crippen LogP contribution in [0.1, 0.15) is 32.8 Å². The Morgan fingerprint density at radius 1 is 1.36 bits per heavy atom. The van der Waals surface area contributed by atoms with Gasteiger partial charge < -0.3 is 4.74 Å². The summed E-state index contributed by atoms with van der Waals surface area (Å²) < 4.78 is 5.70. The second-order valence-electron chi connectivity index (χ2n) is 4.95. The maximum Gasteiger partial charge on any atom is 0.293 e. The first-order valence-electron chi connectivity index (χ1n) is 7.17. The van der Waals surface area contributed by atoms with Gasteiger partial charge in [-0.05, 0) is 55.8 Å². The Bertz CT molecular complexity index is 630. The summed E-state index contributed by atoms with van der Waals surface area (Å²) in [6, 6.07) is 5.34. The molecule has 1 saturated heterocycles. The van der Waals surface area contributed by atoms with Crippen molar-refractivity contribution in [3.05, 3.63) is 33.7 Å². The normalized spacial score (nSPS) is 18.2. The van der Waals surface area contributed by atoms with Gasteiger partial charge in [-0.25, -0.2) is 0 Å². The Labute approximate surface area is 139 Å². The average Bonchev–Trinajstić information content (AvgIpc) is 2.75. The van der Waals surface area contributed by atoms with Crippen LogP contribution in [0.15, 0.2) is 23.1 Å². The summed E-state index contributed by atoms with van der Waals surface area (Å²) in [6.07, 6.45) is 2.66. The van der Waals surface area contributed by atoms with Crippen molar-refractivity contribution in [1.29, 1.82) is 0 Å². The molecule has 1 aromatic rings. The molecule has 0 aliphatic carbocycles. The van der Waals surface area contributed by atoms with E-state index in [1.807, 2.05) is 19.9 Å². The zero-order valence-electron chi connectivity index (χ0n) is 12.8. The van der Waals surface area contributed by atoms with Gasteiger partial charge in [-0.15, -0.1) is 0 Å². The summed E-state index contributed by atoms with van der Waals surface area (Å²) >= 11 is 7.16. The quantitative estimate of drug-likeness (QED) is 0.737. The van der Waals surface area contributed by atoms with E-state index in [-0.39, 0.29) is 17.3 Å². The molecular formula is C16H18ClNO3S. The zero-order chi connectivity index (χ0) is 16.3. The number of ether oxygens (including phenoxy) is 1. The van der Waals surface area contributed by atoms with E-state index in [1.54, 1.807) is 25.1 Å². The third-order valence-corrected chi connectivity index (χ3v) is 4.55. The highest BCUT2D eigenvalue weighted by Gasteiger charge is 2.33. The molecule has 0 saturated carbocycles. The van der Waals surface area contributed by atoms with E-state index in [2.05, 4.69) is 0 Å². The van der Waals surface area contributed by atoms with Gasteiger partial charge in [-0.1, -0.05) is 24.6 Å². The van der Waals surface area contributed by atoms with Crippen molar-refractivity contribution in [3.63, 3.8) is 0 Å². The lowest BCUT2D eigenvalue weighted by Crippen LogP contribution is -2.27. The fraction of sp³-hybridized carbons (Fsp3) is 0.375. The molecule has 1 aromatic carbocycles. The Morgan fingerprint density at radius 3 is 2.64 bits per heavy atom. The van der Waals surface area contributed by atoms with Crippen LogP contribution in [0.3, 0.4) is 0 Å². The second kappa shape index (κ2) is 7.20. The SMILES string of the molecule is CCC(C)Oc1ccc(/C=C2\SC(=O)N(CC)C2=O)cc1Cl. The third-order valence-electron chi connectivity index (χ3n) is 3.35. The van der Waals surface area contributed by atoms with Crippen LogP contribution in [-0.4, -0.2) is 28.7 Å². The Balaban J connectivity index is 2.21. The van der Waals surface area contributed by atoms with Gasteiger partial charge in [0.05, 0.1) is 16.0 Å². The van der Waals surface area contributed by atoms with Crippen LogP contribution in [0.25, 0.3) is 6.08 Å². The lowest BCUT2D eigenvalue weighted by Gasteiger charge is -2.14. The van der Waals surface area contributed by atoms with Crippen molar-refractivity contribution in [2.24, 2.45) is 0 Å². The molecule has 1 unspecified atom stereocenters. The molecule has 2 amide bonds. The van der Waals surface area contributed by atoms with Gasteiger partial charge in [-0.3, -0.25) is 14.5 Å². The number of halogens is 1. The number of carbonyl (C=O) groups excluding carboxylic acids is 2. The summed E-state index contributed by atoms with van der Waals surface area (Å²) in [5.74, 6) is 0.364. The van der Waals surface area contributed by atoms with E-state index in [4.69, 9.17) is 16.3 Å². The predicted octanol–water partition coefficient (Wildman–Crippen LogP) is 4.57. The first-order valence-corrected chi connectivity index (χ1v) is 8.37. The first-order chi connectivity index (χ1) is 10.5. The molecule has 0 aromatic heterocycles. The summed E-state index contributed by atoms with van der Waals surface area (Å²) in [7, 11) is 0. The molecular weight excluding hydrogens is 322 g/mol. The number of carbonyl (C=O) groups is 2. The van der Waals surface area contributed by atoms with Crippen molar-refractivity contribution < 1.29 is 14.3 Å². The molecule has 6 heteroatoms. The van der Waals surface area contributed by atoms with E-state index < -0.39 is 0 Å². The highest BCUT2D eigenvalue weighted by molar-refractivity contribution is 8.18. The molecule has 1 fully saturated rings. The van der Waals surface area contributed by atoms with Crippen molar-refractivity contribution in [1.82, 2.24) is 4.90 Å². The number of benzene rings is 1. The Morgan fingerprint density at radius 2 is 2.09 bits per heavy atom. The van der Waals surface area contributed by atoms with Gasteiger partial charge in [0.15, 0.2) is 0 Å². The predicted molar refractivity (Wildman–Crippen MR) is 90.2 cm³/mol. The molecule has 2 rings (SSSR count). The largest absolute Gasteiger partial charge is 0.489 e. The van der Waals surface area contributed by atoms with Crippen LogP contribution in [-0.2, 0) is 4.79 Å². The van der Waals surface area contributed by atoms with Gasteiger partial charge in [-0.2, -0.15) is 0 Å². The van der Waals surface area contributed by atoms with Crippen LogP contribution in [0, 0.1) is 0 Å². The van der Waals surface area contributed by atoms with Crippen molar-refractivity contribution in [2.45, 2.75) is 33.3 Å². The number of hydrogen-bond donors (Lipinski definition) is 0. The molecule has 22 heavy (non-hydrogen) atoms. The molecule has 1 heterocycles. The number of imide groups is 1. The van der Waals surface area contributed by atoms with Crippen LogP contribution in [0.2, 0.25) is 5.02 Å². The van der Waals surface area contributed by atoms with Gasteiger partial charge in [0, 0.05) is 6.54 Å². The van der Waals surface area contributed by atoms with Gasteiger partial charge in [0.1, 0.15) is 5.75 Å². The van der Waals surface area contributed by atoms with E-state index >= 15 is 0 Å². The fourth-order valence-electron chi connectivity index (χ4n) is 1.93. The summed E-state index contributed by atoms with van der Waals surface area (Å²) in [4.78, 5) is 25.4. The minimum Gasteiger partial charge on any atom is -0.489 e. The highest BCUT2D eigenvalue weighted by atomic mass is 35.5. The fourth-order valence-corrected chi connectivity index (χ4v) is 3.06. The number of rotatable bonds is 5. The number of thioether (sulfide) groups is 1. The molecule has 1 aliphatic heterocycles. The van der Waals surface area contributed by atoms with Gasteiger partial charge in [0.25, 0.3) is 11.1 Å². The van der Waals surface area contributed by atoms with Crippen molar-refractivity contribution in [3.8, 4) is 5.75 Å². The van der Waals surface area contributed by atoms with Crippen molar-refractivity contribution in [2.75, 3.05) is 6.54 Å². The third kappa shape index (κ3) is 3.65. The van der Waals surface area contributed by atoms with Crippen LogP contribution in [0.4, 0.5) is 4.79 Å². The Kier molecular flexibility index (Phi) is 5.53. The molecule has 0 bridgehead atoms. The molecule has 4 nitrogen and oxygen atoms in total. The standard InChI is InChI=1S/C16H18ClNO3S/c1-4-10(3)21-13-7-6-11(8-12(13)17)9-14-15(19)18(5-2)16(20)22-14/h6-10H,4-5H2,1-3H3/b14-9-. The van der Waals surface area contributed by atoms with Gasteiger partial charge >= 0.3 is 0 Å². The van der Waals surface area contributed by atoms with E-state index in [0.717, 1.165) is 23.7 Å². The number of hydrogen-bond acceptors (Lipinski definition) is 4. The van der Waals surface area contributed by atoms with Crippen LogP contribution >= 0.6 is 23.4 Å². The molecule has 1 aliphatic rings. The topological polar surface area (TPSA) is 46.6 Å². The highest BCUT2D eigenvalue weighted by Crippen LogP contribution is 2.33. The second-order valence-corrected chi connectivity index (χ2v) is 6.35. The zero-order valence-corrected chi connectivity index (χ0v) is 14.3. The molecule has 1 atom stereocenters. The monoisotopic (exact) mass is 339 g/mol. The molecule has 0 radical (unpaired) electrons. The maximum absolute atomic E-state index is 12.0.